The largest absolute Gasteiger partial charge is 0.428 e. The number of aliphatic hydroxyl groups excluding tert-OH is 1. The molecular formula is C9H13BNO2. The zero-order valence-electron chi connectivity index (χ0n) is 7.44. The lowest BCUT2D eigenvalue weighted by molar-refractivity contribution is 0.282. The third-order valence-electron chi connectivity index (χ3n) is 1.74. The number of benzene rings is 1. The monoisotopic (exact) mass is 178 g/mol. The lowest BCUT2D eigenvalue weighted by Gasteiger charge is -2.01. The maximum atomic E-state index is 8.79. The number of hydrogen-bond acceptors (Lipinski definition) is 3. The third-order valence-corrected chi connectivity index (χ3v) is 1.74. The van der Waals surface area contributed by atoms with Crippen molar-refractivity contribution in [2.45, 2.75) is 12.9 Å². The van der Waals surface area contributed by atoms with E-state index in [1.54, 1.807) is 7.48 Å². The Morgan fingerprint density at radius 1 is 1.23 bits per heavy atom. The van der Waals surface area contributed by atoms with Crippen LogP contribution in [0.15, 0.2) is 24.3 Å². The highest BCUT2D eigenvalue weighted by Crippen LogP contribution is 2.04. The van der Waals surface area contributed by atoms with E-state index < -0.39 is 0 Å². The quantitative estimate of drug-likeness (QED) is 0.385. The van der Waals surface area contributed by atoms with Gasteiger partial charge in [-0.25, -0.2) is 0 Å². The molecule has 3 N–H and O–H groups in total. The number of nitrogens with two attached hydrogens (primary N) is 1. The summed E-state index contributed by atoms with van der Waals surface area (Å²) in [6.07, 6.45) is 0.739. The minimum Gasteiger partial charge on any atom is -0.428 e. The number of rotatable bonds is 5. The summed E-state index contributed by atoms with van der Waals surface area (Å²) >= 11 is 0. The summed E-state index contributed by atoms with van der Waals surface area (Å²) in [6.45, 7) is 0.304. The van der Waals surface area contributed by atoms with E-state index >= 15 is 0 Å². The molecule has 13 heavy (non-hydrogen) atoms. The molecule has 1 aromatic rings. The SMILES string of the molecule is NCO[B]Cc1ccc(CO)cc1. The molecule has 1 radical (unpaired) electrons. The third kappa shape index (κ3) is 3.59. The van der Waals surface area contributed by atoms with Crippen LogP contribution >= 0.6 is 0 Å². The molecule has 0 heterocycles. The average Bonchev–Trinajstić information content (AvgIpc) is 2.19. The zero-order valence-corrected chi connectivity index (χ0v) is 7.44. The van der Waals surface area contributed by atoms with Crippen LogP contribution in [0.4, 0.5) is 0 Å². The number of aliphatic hydroxyl groups is 1. The van der Waals surface area contributed by atoms with E-state index in [4.69, 9.17) is 15.5 Å². The lowest BCUT2D eigenvalue weighted by atomic mass is 9.89. The Hall–Kier alpha value is -0.835. The molecule has 0 unspecified atom stereocenters. The van der Waals surface area contributed by atoms with Gasteiger partial charge in [-0.05, 0) is 11.9 Å². The first-order valence-corrected chi connectivity index (χ1v) is 4.19. The molecule has 0 aliphatic carbocycles. The standard InChI is InChI=1S/C9H13BNO2/c11-7-13-10-5-8-1-3-9(6-12)4-2-8/h1-4,12H,5-7,11H2. The van der Waals surface area contributed by atoms with Gasteiger partial charge in [-0.3, -0.25) is 0 Å². The van der Waals surface area contributed by atoms with Gasteiger partial charge < -0.3 is 15.5 Å². The Labute approximate surface area is 78.8 Å². The van der Waals surface area contributed by atoms with E-state index in [1.165, 1.54) is 0 Å². The summed E-state index contributed by atoms with van der Waals surface area (Å²) < 4.78 is 4.90. The molecule has 0 saturated carbocycles. The van der Waals surface area contributed by atoms with Crippen LogP contribution < -0.4 is 5.73 Å². The molecule has 0 atom stereocenters. The van der Waals surface area contributed by atoms with E-state index in [0.29, 0.717) is 0 Å². The molecule has 1 rings (SSSR count). The zero-order chi connectivity index (χ0) is 9.52. The van der Waals surface area contributed by atoms with Gasteiger partial charge in [0.25, 0.3) is 7.48 Å². The van der Waals surface area contributed by atoms with Crippen molar-refractivity contribution in [3.63, 3.8) is 0 Å². The minimum absolute atomic E-state index is 0.0866. The second-order valence-corrected chi connectivity index (χ2v) is 2.68. The van der Waals surface area contributed by atoms with Crippen LogP contribution in [0.5, 0.6) is 0 Å². The van der Waals surface area contributed by atoms with Crippen molar-refractivity contribution in [2.75, 3.05) is 6.73 Å². The summed E-state index contributed by atoms with van der Waals surface area (Å²) in [5.41, 5.74) is 7.22. The Bertz CT molecular complexity index is 238. The van der Waals surface area contributed by atoms with E-state index in [0.717, 1.165) is 17.4 Å². The molecular weight excluding hydrogens is 165 g/mol. The van der Waals surface area contributed by atoms with E-state index in [2.05, 4.69) is 0 Å². The second kappa shape index (κ2) is 5.75. The second-order valence-electron chi connectivity index (χ2n) is 2.68. The maximum Gasteiger partial charge on any atom is 0.298 e. The smallest absolute Gasteiger partial charge is 0.298 e. The van der Waals surface area contributed by atoms with Crippen molar-refractivity contribution in [1.82, 2.24) is 0 Å². The highest BCUT2D eigenvalue weighted by Gasteiger charge is 1.95. The molecule has 0 amide bonds. The van der Waals surface area contributed by atoms with Crippen LogP contribution in [0.3, 0.4) is 0 Å². The van der Waals surface area contributed by atoms with Crippen LogP contribution in [0, 0.1) is 0 Å². The first-order chi connectivity index (χ1) is 6.36. The van der Waals surface area contributed by atoms with Gasteiger partial charge in [0.2, 0.25) is 0 Å². The van der Waals surface area contributed by atoms with E-state index in [1.807, 2.05) is 24.3 Å². The maximum absolute atomic E-state index is 8.79. The van der Waals surface area contributed by atoms with Gasteiger partial charge >= 0.3 is 0 Å². The minimum atomic E-state index is 0.0866. The molecule has 3 nitrogen and oxygen atoms in total. The van der Waals surface area contributed by atoms with Crippen LogP contribution in [0.1, 0.15) is 11.1 Å². The molecule has 4 heteroatoms. The highest BCUT2D eigenvalue weighted by atomic mass is 16.4. The highest BCUT2D eigenvalue weighted by molar-refractivity contribution is 6.26. The van der Waals surface area contributed by atoms with Crippen molar-refractivity contribution >= 4 is 7.48 Å². The van der Waals surface area contributed by atoms with E-state index in [9.17, 15) is 0 Å². The van der Waals surface area contributed by atoms with Crippen molar-refractivity contribution in [1.29, 1.82) is 0 Å². The first kappa shape index (κ1) is 10.2. The average molecular weight is 178 g/mol. The fourth-order valence-corrected chi connectivity index (χ4v) is 1.00. The fraction of sp³-hybridized carbons (Fsp3) is 0.333. The van der Waals surface area contributed by atoms with Crippen LogP contribution in [0.2, 0.25) is 0 Å². The van der Waals surface area contributed by atoms with Crippen molar-refractivity contribution in [2.24, 2.45) is 5.73 Å². The summed E-state index contributed by atoms with van der Waals surface area (Å²) in [7, 11) is 1.67. The Balaban J connectivity index is 2.40. The predicted molar refractivity (Wildman–Crippen MR) is 52.0 cm³/mol. The molecule has 0 aliphatic heterocycles. The summed E-state index contributed by atoms with van der Waals surface area (Å²) in [5, 5.41) is 8.79. The van der Waals surface area contributed by atoms with Crippen LogP contribution in [-0.4, -0.2) is 19.3 Å². The van der Waals surface area contributed by atoms with Crippen molar-refractivity contribution < 1.29 is 9.76 Å². The Morgan fingerprint density at radius 2 is 1.85 bits per heavy atom. The lowest BCUT2D eigenvalue weighted by Crippen LogP contribution is -2.10. The predicted octanol–water partition coefficient (Wildman–Crippen LogP) is 0.231. The van der Waals surface area contributed by atoms with Gasteiger partial charge in [0.15, 0.2) is 0 Å². The normalized spacial score (nSPS) is 10.0. The number of hydrogen-bond donors (Lipinski definition) is 2. The van der Waals surface area contributed by atoms with Gasteiger partial charge in [-0.15, -0.1) is 0 Å². The molecule has 0 bridgehead atoms. The molecule has 1 aromatic carbocycles. The van der Waals surface area contributed by atoms with Gasteiger partial charge in [0, 0.05) is 0 Å². The Morgan fingerprint density at radius 3 is 2.38 bits per heavy atom. The fourth-order valence-electron chi connectivity index (χ4n) is 1.00. The van der Waals surface area contributed by atoms with Gasteiger partial charge in [0.1, 0.15) is 0 Å². The van der Waals surface area contributed by atoms with Gasteiger partial charge in [-0.2, -0.15) is 0 Å². The molecule has 69 valence electrons. The molecule has 0 saturated heterocycles. The summed E-state index contributed by atoms with van der Waals surface area (Å²) in [4.78, 5) is 0. The van der Waals surface area contributed by atoms with Gasteiger partial charge in [-0.1, -0.05) is 29.8 Å². The van der Waals surface area contributed by atoms with Crippen molar-refractivity contribution in [3.8, 4) is 0 Å². The molecule has 0 fully saturated rings. The van der Waals surface area contributed by atoms with Crippen LogP contribution in [0.25, 0.3) is 0 Å². The van der Waals surface area contributed by atoms with Crippen LogP contribution in [-0.2, 0) is 17.6 Å². The summed E-state index contributed by atoms with van der Waals surface area (Å²) in [6, 6.07) is 7.71. The Kier molecular flexibility index (Phi) is 4.53. The van der Waals surface area contributed by atoms with E-state index in [-0.39, 0.29) is 13.3 Å². The summed E-state index contributed by atoms with van der Waals surface area (Å²) in [5.74, 6) is 0. The molecule has 0 aromatic heterocycles. The van der Waals surface area contributed by atoms with Crippen molar-refractivity contribution in [3.05, 3.63) is 35.4 Å². The molecule has 0 aliphatic rings. The first-order valence-electron chi connectivity index (χ1n) is 4.19. The topological polar surface area (TPSA) is 55.5 Å². The molecule has 0 spiro atoms. The van der Waals surface area contributed by atoms with Gasteiger partial charge in [0.05, 0.1) is 13.3 Å².